The summed E-state index contributed by atoms with van der Waals surface area (Å²) < 4.78 is 3.90. The van der Waals surface area contributed by atoms with Crippen LogP contribution < -0.4 is 10.9 Å². The lowest BCUT2D eigenvalue weighted by Gasteiger charge is -2.19. The SMILES string of the molecule is CCc1nnsc1C(=O)NC(Cc1cc(=O)[nH]c(-c2cccnc2)n1)c1ccccc1. The molecule has 0 aliphatic rings. The number of aromatic nitrogens is 5. The van der Waals surface area contributed by atoms with E-state index >= 15 is 0 Å². The van der Waals surface area contributed by atoms with Crippen LogP contribution in [0.25, 0.3) is 11.4 Å². The lowest BCUT2D eigenvalue weighted by Crippen LogP contribution is -2.30. The van der Waals surface area contributed by atoms with Crippen LogP contribution in [-0.2, 0) is 12.8 Å². The first-order valence-electron chi connectivity index (χ1n) is 9.81. The Bertz CT molecular complexity index is 1220. The van der Waals surface area contributed by atoms with E-state index in [0.717, 1.165) is 17.1 Å². The van der Waals surface area contributed by atoms with E-state index in [1.165, 1.54) is 6.07 Å². The Morgan fingerprint density at radius 2 is 2.03 bits per heavy atom. The summed E-state index contributed by atoms with van der Waals surface area (Å²) in [6.07, 6.45) is 4.27. The van der Waals surface area contributed by atoms with Gasteiger partial charge < -0.3 is 10.3 Å². The largest absolute Gasteiger partial charge is 0.344 e. The Morgan fingerprint density at radius 1 is 1.19 bits per heavy atom. The van der Waals surface area contributed by atoms with Gasteiger partial charge in [-0.05, 0) is 35.6 Å². The summed E-state index contributed by atoms with van der Waals surface area (Å²) >= 11 is 1.08. The van der Waals surface area contributed by atoms with E-state index in [1.807, 2.05) is 43.3 Å². The number of hydrogen-bond acceptors (Lipinski definition) is 7. The fourth-order valence-corrected chi connectivity index (χ4v) is 3.89. The fourth-order valence-electron chi connectivity index (χ4n) is 3.23. The van der Waals surface area contributed by atoms with Crippen LogP contribution in [0.3, 0.4) is 0 Å². The second-order valence-corrected chi connectivity index (χ2v) is 7.62. The molecular formula is C22H20N6O2S. The number of pyridine rings is 1. The number of carbonyl (C=O) groups is 1. The summed E-state index contributed by atoms with van der Waals surface area (Å²) in [5.41, 5.74) is 2.60. The van der Waals surface area contributed by atoms with Crippen molar-refractivity contribution >= 4 is 17.4 Å². The number of aromatic amines is 1. The highest BCUT2D eigenvalue weighted by atomic mass is 32.1. The van der Waals surface area contributed by atoms with Crippen LogP contribution in [0.2, 0.25) is 0 Å². The minimum absolute atomic E-state index is 0.238. The molecule has 0 aliphatic carbocycles. The van der Waals surface area contributed by atoms with Crippen molar-refractivity contribution in [2.24, 2.45) is 0 Å². The number of benzene rings is 1. The standard InChI is InChI=1S/C22H20N6O2S/c1-2-17-20(31-28-27-17)22(30)25-18(14-7-4-3-5-8-14)11-16-12-19(29)26-21(24-16)15-9-6-10-23-13-15/h3-10,12-13,18H,2,11H2,1H3,(H,25,30)(H,24,26,29). The van der Waals surface area contributed by atoms with Gasteiger partial charge in [0.25, 0.3) is 11.5 Å². The molecule has 31 heavy (non-hydrogen) atoms. The van der Waals surface area contributed by atoms with Crippen molar-refractivity contribution in [2.45, 2.75) is 25.8 Å². The van der Waals surface area contributed by atoms with E-state index in [-0.39, 0.29) is 17.5 Å². The molecule has 0 radical (unpaired) electrons. The number of amides is 1. The predicted molar refractivity (Wildman–Crippen MR) is 118 cm³/mol. The zero-order chi connectivity index (χ0) is 21.6. The van der Waals surface area contributed by atoms with Gasteiger partial charge in [0.2, 0.25) is 0 Å². The smallest absolute Gasteiger partial charge is 0.265 e. The molecule has 1 amide bonds. The summed E-state index contributed by atoms with van der Waals surface area (Å²) in [6.45, 7) is 1.93. The van der Waals surface area contributed by atoms with Crippen molar-refractivity contribution in [1.29, 1.82) is 0 Å². The number of rotatable bonds is 7. The third kappa shape index (κ3) is 4.89. The highest BCUT2D eigenvalue weighted by Crippen LogP contribution is 2.21. The Balaban J connectivity index is 1.65. The maximum atomic E-state index is 12.9. The average molecular weight is 433 g/mol. The predicted octanol–water partition coefficient (Wildman–Crippen LogP) is 2.96. The van der Waals surface area contributed by atoms with Crippen molar-refractivity contribution in [3.8, 4) is 11.4 Å². The minimum Gasteiger partial charge on any atom is -0.344 e. The zero-order valence-corrected chi connectivity index (χ0v) is 17.6. The molecule has 0 bridgehead atoms. The number of nitrogens with one attached hydrogen (secondary N) is 2. The normalized spacial score (nSPS) is 11.8. The topological polar surface area (TPSA) is 114 Å². The first-order valence-corrected chi connectivity index (χ1v) is 10.6. The van der Waals surface area contributed by atoms with Crippen LogP contribution in [0, 0.1) is 0 Å². The monoisotopic (exact) mass is 432 g/mol. The van der Waals surface area contributed by atoms with E-state index in [9.17, 15) is 9.59 Å². The molecule has 156 valence electrons. The Kier molecular flexibility index (Phi) is 6.23. The van der Waals surface area contributed by atoms with Gasteiger partial charge in [0.15, 0.2) is 0 Å². The van der Waals surface area contributed by atoms with Crippen LogP contribution in [-0.4, -0.2) is 30.4 Å². The first kappa shape index (κ1) is 20.5. The van der Waals surface area contributed by atoms with Gasteiger partial charge in [-0.25, -0.2) is 4.98 Å². The molecule has 3 heterocycles. The maximum Gasteiger partial charge on any atom is 0.265 e. The number of H-pyrrole nitrogens is 1. The molecule has 9 heteroatoms. The van der Waals surface area contributed by atoms with E-state index in [1.54, 1.807) is 18.5 Å². The van der Waals surface area contributed by atoms with E-state index in [0.29, 0.717) is 40.5 Å². The highest BCUT2D eigenvalue weighted by molar-refractivity contribution is 7.08. The lowest BCUT2D eigenvalue weighted by molar-refractivity contribution is 0.0939. The second-order valence-electron chi connectivity index (χ2n) is 6.87. The van der Waals surface area contributed by atoms with E-state index in [4.69, 9.17) is 0 Å². The quantitative estimate of drug-likeness (QED) is 0.464. The van der Waals surface area contributed by atoms with Gasteiger partial charge in [-0.1, -0.05) is 41.7 Å². The van der Waals surface area contributed by atoms with Gasteiger partial charge in [0.1, 0.15) is 10.7 Å². The molecule has 8 nitrogen and oxygen atoms in total. The van der Waals surface area contributed by atoms with Crippen LogP contribution in [0.4, 0.5) is 0 Å². The van der Waals surface area contributed by atoms with Crippen molar-refractivity contribution in [3.05, 3.63) is 93.1 Å². The highest BCUT2D eigenvalue weighted by Gasteiger charge is 2.21. The number of carbonyl (C=O) groups excluding carboxylic acids is 1. The number of hydrogen-bond donors (Lipinski definition) is 2. The maximum absolute atomic E-state index is 12.9. The van der Waals surface area contributed by atoms with Gasteiger partial charge in [-0.3, -0.25) is 14.6 Å². The lowest BCUT2D eigenvalue weighted by atomic mass is 10.0. The van der Waals surface area contributed by atoms with Gasteiger partial charge in [0, 0.05) is 30.4 Å². The molecule has 1 unspecified atom stereocenters. The Morgan fingerprint density at radius 3 is 2.77 bits per heavy atom. The molecule has 0 aliphatic heterocycles. The molecule has 4 rings (SSSR count). The number of aryl methyl sites for hydroxylation is 1. The molecule has 0 saturated heterocycles. The molecule has 4 aromatic rings. The summed E-state index contributed by atoms with van der Waals surface area (Å²) in [5, 5.41) is 7.09. The van der Waals surface area contributed by atoms with Crippen LogP contribution >= 0.6 is 11.5 Å². The van der Waals surface area contributed by atoms with E-state index < -0.39 is 0 Å². The molecule has 2 N–H and O–H groups in total. The molecule has 0 saturated carbocycles. The number of nitrogens with zero attached hydrogens (tertiary/aromatic N) is 4. The molecule has 1 atom stereocenters. The van der Waals surface area contributed by atoms with Crippen molar-refractivity contribution in [1.82, 2.24) is 29.9 Å². The van der Waals surface area contributed by atoms with Gasteiger partial charge in [0.05, 0.1) is 17.4 Å². The van der Waals surface area contributed by atoms with Gasteiger partial charge >= 0.3 is 0 Å². The summed E-state index contributed by atoms with van der Waals surface area (Å²) in [7, 11) is 0. The van der Waals surface area contributed by atoms with Crippen LogP contribution in [0.15, 0.2) is 65.7 Å². The van der Waals surface area contributed by atoms with Crippen LogP contribution in [0.1, 0.15) is 39.6 Å². The summed E-state index contributed by atoms with van der Waals surface area (Å²) in [6, 6.07) is 14.3. The second kappa shape index (κ2) is 9.40. The molecule has 3 aromatic heterocycles. The summed E-state index contributed by atoms with van der Waals surface area (Å²) in [4.78, 5) is 37.1. The molecule has 1 aromatic carbocycles. The van der Waals surface area contributed by atoms with Gasteiger partial charge in [-0.15, -0.1) is 5.10 Å². The first-order chi connectivity index (χ1) is 15.1. The Labute approximate surface area is 182 Å². The third-order valence-corrected chi connectivity index (χ3v) is 5.51. The average Bonchev–Trinajstić information content (AvgIpc) is 3.29. The van der Waals surface area contributed by atoms with Crippen LogP contribution in [0.5, 0.6) is 0 Å². The van der Waals surface area contributed by atoms with Gasteiger partial charge in [-0.2, -0.15) is 0 Å². The Hall–Kier alpha value is -3.72. The molecular weight excluding hydrogens is 412 g/mol. The summed E-state index contributed by atoms with van der Waals surface area (Å²) in [5.74, 6) is 0.201. The molecule has 0 spiro atoms. The third-order valence-electron chi connectivity index (χ3n) is 4.75. The van der Waals surface area contributed by atoms with Crippen molar-refractivity contribution in [3.63, 3.8) is 0 Å². The van der Waals surface area contributed by atoms with Crippen molar-refractivity contribution in [2.75, 3.05) is 0 Å². The van der Waals surface area contributed by atoms with E-state index in [2.05, 4.69) is 29.9 Å². The fraction of sp³-hybridized carbons (Fsp3) is 0.182. The zero-order valence-electron chi connectivity index (χ0n) is 16.8. The van der Waals surface area contributed by atoms with Crippen molar-refractivity contribution < 1.29 is 4.79 Å². The minimum atomic E-state index is -0.378. The molecule has 0 fully saturated rings.